The second-order valence-corrected chi connectivity index (χ2v) is 14.2. The van der Waals surface area contributed by atoms with Crippen molar-refractivity contribution in [1.82, 2.24) is 48.6 Å². The molecular formula is C39H57N13O11. The number of ether oxygens (including phenoxy) is 8. The third kappa shape index (κ3) is 9.21. The van der Waals surface area contributed by atoms with Crippen LogP contribution in [0.5, 0.6) is 17.2 Å². The molecule has 6 aromatic rings. The molecular weight excluding hydrogens is 827 g/mol. The van der Waals surface area contributed by atoms with Gasteiger partial charge < -0.3 is 54.3 Å². The number of methoxy groups -OCH3 is 4. The number of para-hydroxylation sites is 1. The lowest BCUT2D eigenvalue weighted by Gasteiger charge is -2.23. The monoisotopic (exact) mass is 883 g/mol. The van der Waals surface area contributed by atoms with Crippen molar-refractivity contribution in [1.29, 1.82) is 0 Å². The summed E-state index contributed by atoms with van der Waals surface area (Å²) in [4.78, 5) is 62.1. The van der Waals surface area contributed by atoms with Crippen LogP contribution in [-0.2, 0) is 35.5 Å². The Hall–Kier alpha value is -6.44. The highest BCUT2D eigenvalue weighted by Gasteiger charge is 2.39. The van der Waals surface area contributed by atoms with Gasteiger partial charge in [0, 0.05) is 52.6 Å². The Morgan fingerprint density at radius 1 is 0.905 bits per heavy atom. The Morgan fingerprint density at radius 2 is 1.62 bits per heavy atom. The van der Waals surface area contributed by atoms with Crippen molar-refractivity contribution in [3.63, 3.8) is 0 Å². The zero-order valence-corrected chi connectivity index (χ0v) is 35.8. The molecule has 0 spiro atoms. The number of anilines is 4. The van der Waals surface area contributed by atoms with Crippen LogP contribution in [0.3, 0.4) is 0 Å². The standard InChI is InChI=1S/C25H28N8O6.C12H17N5O5.C2H6.3H2/c1-32-10-17-22(31-25(32)34)30-20-14(5-4-6-15(20)38-17)37-8-7-26-23-21-24(28-12-27-23)33(13-29-21)19-9-16(36-3)18(39-19)11-35-2;1-20-4-6-5(21-2)3-7(22-6)17-9-8(14-12(17)19)10(18)16-11(13)15-9;1-2;;;/h4-6,10,12-13,16,18-19H,7-9,11H2,1-3H3,(H,26,27,28)(H,30,31,34);5-7H,3-4H2,1-2H3,(H,14,19)(H3,13,15,16,18);1-2H3;3*1H/t;5?,6-,7+;;;;/m.1..../s1. The first kappa shape index (κ1) is 44.6. The molecule has 5 aromatic heterocycles. The van der Waals surface area contributed by atoms with Crippen LogP contribution < -0.4 is 42.8 Å². The summed E-state index contributed by atoms with van der Waals surface area (Å²) >= 11 is 0. The van der Waals surface area contributed by atoms with Gasteiger partial charge in [-0.25, -0.2) is 29.1 Å². The van der Waals surface area contributed by atoms with E-state index in [9.17, 15) is 14.4 Å². The minimum Gasteiger partial charge on any atom is -0.489 e. The zero-order valence-electron chi connectivity index (χ0n) is 35.8. The van der Waals surface area contributed by atoms with Crippen LogP contribution >= 0.6 is 0 Å². The fourth-order valence-electron chi connectivity index (χ4n) is 7.43. The van der Waals surface area contributed by atoms with Crippen molar-refractivity contribution >= 4 is 45.6 Å². The van der Waals surface area contributed by atoms with Gasteiger partial charge in [-0.05, 0) is 12.1 Å². The van der Waals surface area contributed by atoms with Gasteiger partial charge in [0.25, 0.3) is 5.56 Å². The van der Waals surface area contributed by atoms with Crippen molar-refractivity contribution in [3.8, 4) is 17.2 Å². The van der Waals surface area contributed by atoms with E-state index in [4.69, 9.17) is 43.6 Å². The largest absolute Gasteiger partial charge is 0.489 e. The van der Waals surface area contributed by atoms with E-state index < -0.39 is 17.5 Å². The number of nitrogens with two attached hydrogens (primary N) is 1. The predicted octanol–water partition coefficient (Wildman–Crippen LogP) is 2.92. The summed E-state index contributed by atoms with van der Waals surface area (Å²) in [6.07, 6.45) is 4.21. The van der Waals surface area contributed by atoms with Gasteiger partial charge >= 0.3 is 11.4 Å². The third-order valence-corrected chi connectivity index (χ3v) is 10.3. The van der Waals surface area contributed by atoms with E-state index in [0.717, 1.165) is 0 Å². The van der Waals surface area contributed by atoms with E-state index in [1.54, 1.807) is 48.0 Å². The van der Waals surface area contributed by atoms with Gasteiger partial charge in [0.1, 0.15) is 49.0 Å². The smallest absolute Gasteiger partial charge is 0.349 e. The van der Waals surface area contributed by atoms with Crippen LogP contribution in [0.2, 0.25) is 0 Å². The van der Waals surface area contributed by atoms with E-state index in [2.05, 4.69) is 45.5 Å². The van der Waals surface area contributed by atoms with Crippen LogP contribution in [0.15, 0.2) is 51.4 Å². The fourth-order valence-corrected chi connectivity index (χ4v) is 7.43. The number of nitrogens with one attached hydrogen (secondary N) is 4. The molecule has 0 radical (unpaired) electrons. The molecule has 24 nitrogen and oxygen atoms in total. The summed E-state index contributed by atoms with van der Waals surface area (Å²) in [7, 11) is 8.06. The van der Waals surface area contributed by atoms with Gasteiger partial charge in [-0.2, -0.15) is 9.97 Å². The second-order valence-electron chi connectivity index (χ2n) is 14.2. The molecule has 344 valence electrons. The van der Waals surface area contributed by atoms with E-state index in [1.807, 2.05) is 36.6 Å². The topological polar surface area (TPSA) is 286 Å². The number of benzene rings is 1. The van der Waals surface area contributed by atoms with Crippen LogP contribution in [0.4, 0.5) is 23.3 Å². The summed E-state index contributed by atoms with van der Waals surface area (Å²) in [5.41, 5.74) is 6.27. The van der Waals surface area contributed by atoms with Crippen molar-refractivity contribution in [2.45, 2.75) is 63.6 Å². The molecule has 0 saturated carbocycles. The van der Waals surface area contributed by atoms with Gasteiger partial charge in [0.2, 0.25) is 5.95 Å². The molecule has 3 aliphatic rings. The highest BCUT2D eigenvalue weighted by Crippen LogP contribution is 2.45. The first-order chi connectivity index (χ1) is 30.6. The van der Waals surface area contributed by atoms with Gasteiger partial charge in [-0.15, -0.1) is 0 Å². The molecule has 6 N–H and O–H groups in total. The van der Waals surface area contributed by atoms with Crippen molar-refractivity contribution in [2.75, 3.05) is 71.2 Å². The van der Waals surface area contributed by atoms with Crippen LogP contribution in [0.25, 0.3) is 22.3 Å². The molecule has 24 heteroatoms. The number of imidazole rings is 2. The SMILES string of the molecule is CC.COCC1OC(n2cnc3c(NCCOc4cccc5c4Nc4nc(=O)n(C)cc4O5)ncnc32)CC1OC.COC[C@H]1O[C@H](n2c(=O)[nH]c3c(=O)[nH]c(N)nc32)CC1OC.[HH].[HH].[HH]. The molecule has 4 unspecified atom stereocenters. The number of nitrogen functional groups attached to an aromatic ring is 1. The van der Waals surface area contributed by atoms with Gasteiger partial charge in [0.05, 0.1) is 44.5 Å². The lowest BCUT2D eigenvalue weighted by Crippen LogP contribution is -2.27. The van der Waals surface area contributed by atoms with Gasteiger partial charge in [-0.1, -0.05) is 19.9 Å². The maximum Gasteiger partial charge on any atom is 0.349 e. The molecule has 0 aliphatic carbocycles. The summed E-state index contributed by atoms with van der Waals surface area (Å²) in [6, 6.07) is 5.47. The Labute approximate surface area is 363 Å². The lowest BCUT2D eigenvalue weighted by molar-refractivity contribution is -0.0604. The maximum absolute atomic E-state index is 12.2. The molecule has 63 heavy (non-hydrogen) atoms. The molecule has 8 heterocycles. The first-order valence-corrected chi connectivity index (χ1v) is 20.1. The summed E-state index contributed by atoms with van der Waals surface area (Å²) in [5, 5.41) is 6.43. The molecule has 6 atom stereocenters. The molecule has 1 aromatic carbocycles. The third-order valence-electron chi connectivity index (χ3n) is 10.3. The average molecular weight is 884 g/mol. The fraction of sp³-hybridized carbons (Fsp3) is 0.487. The van der Waals surface area contributed by atoms with Gasteiger partial charge in [0.15, 0.2) is 45.5 Å². The Balaban J connectivity index is 0.000000302. The van der Waals surface area contributed by atoms with E-state index >= 15 is 0 Å². The Morgan fingerprint density at radius 3 is 2.33 bits per heavy atom. The molecule has 2 fully saturated rings. The minimum atomic E-state index is -0.611. The number of H-pyrrole nitrogens is 2. The number of aromatic amines is 2. The van der Waals surface area contributed by atoms with Crippen molar-refractivity contribution in [2.24, 2.45) is 7.05 Å². The number of hydrogen-bond acceptors (Lipinski definition) is 19. The van der Waals surface area contributed by atoms with E-state index in [-0.39, 0.29) is 57.7 Å². The average Bonchev–Trinajstić information content (AvgIpc) is 4.07. The quantitative estimate of drug-likeness (QED) is 0.104. The summed E-state index contributed by atoms with van der Waals surface area (Å²) in [6.45, 7) is 5.54. The number of rotatable bonds is 13. The maximum atomic E-state index is 12.2. The highest BCUT2D eigenvalue weighted by atomic mass is 16.6. The van der Waals surface area contributed by atoms with Crippen LogP contribution in [-0.4, -0.2) is 128 Å². The molecule has 2 saturated heterocycles. The molecule has 9 rings (SSSR count). The van der Waals surface area contributed by atoms with Crippen molar-refractivity contribution < 1.29 is 42.2 Å². The minimum absolute atomic E-state index is 0. The normalized spacial score (nSPS) is 21.1. The number of aryl methyl sites for hydroxylation is 1. The van der Waals surface area contributed by atoms with Crippen LogP contribution in [0.1, 0.15) is 43.4 Å². The van der Waals surface area contributed by atoms with E-state index in [1.165, 1.54) is 15.5 Å². The number of hydrogen-bond donors (Lipinski definition) is 5. The highest BCUT2D eigenvalue weighted by molar-refractivity contribution is 5.82. The molecule has 0 bridgehead atoms. The number of aromatic nitrogens is 10. The zero-order chi connectivity index (χ0) is 44.8. The van der Waals surface area contributed by atoms with Crippen molar-refractivity contribution in [3.05, 3.63) is 68.4 Å². The molecule has 0 amide bonds. The second kappa shape index (κ2) is 19.7. The van der Waals surface area contributed by atoms with E-state index in [0.29, 0.717) is 84.9 Å². The number of fused-ring (bicyclic) bond motifs is 4. The summed E-state index contributed by atoms with van der Waals surface area (Å²) < 4.78 is 49.7. The predicted molar refractivity (Wildman–Crippen MR) is 234 cm³/mol. The Kier molecular flexibility index (Phi) is 14.0. The van der Waals surface area contributed by atoms with Crippen LogP contribution in [0, 0.1) is 0 Å². The molecule has 3 aliphatic heterocycles. The number of nitrogens with zero attached hydrogens (tertiary/aromatic N) is 8. The Bertz CT molecular complexity index is 2710. The lowest BCUT2D eigenvalue weighted by atomic mass is 10.2. The van der Waals surface area contributed by atoms with Gasteiger partial charge in [-0.3, -0.25) is 23.9 Å². The summed E-state index contributed by atoms with van der Waals surface area (Å²) in [5.74, 6) is 2.47. The first-order valence-electron chi connectivity index (χ1n) is 20.1.